The van der Waals surface area contributed by atoms with Crippen molar-refractivity contribution >= 4 is 11.9 Å². The van der Waals surface area contributed by atoms with E-state index in [1.54, 1.807) is 34.7 Å². The molecule has 0 aromatic carbocycles. The van der Waals surface area contributed by atoms with Gasteiger partial charge < -0.3 is 14.4 Å². The molecule has 7 nitrogen and oxygen atoms in total. The molecule has 0 radical (unpaired) electrons. The van der Waals surface area contributed by atoms with Gasteiger partial charge in [0.1, 0.15) is 11.4 Å². The van der Waals surface area contributed by atoms with E-state index in [0.717, 1.165) is 6.07 Å². The minimum absolute atomic E-state index is 0.0427. The average Bonchev–Trinajstić information content (AvgIpc) is 2.92. The topological polar surface area (TPSA) is 67.2 Å². The summed E-state index contributed by atoms with van der Waals surface area (Å²) in [4.78, 5) is 27.9. The molecule has 1 fully saturated rings. The second-order valence-electron chi connectivity index (χ2n) is 6.26. The van der Waals surface area contributed by atoms with Gasteiger partial charge >= 0.3 is 6.18 Å². The summed E-state index contributed by atoms with van der Waals surface area (Å²) < 4.78 is 40.5. The molecular weight excluding hydrogens is 349 g/mol. The van der Waals surface area contributed by atoms with Crippen molar-refractivity contribution in [1.82, 2.24) is 24.4 Å². The maximum absolute atomic E-state index is 12.9. The predicted molar refractivity (Wildman–Crippen MR) is 87.8 cm³/mol. The predicted octanol–water partition coefficient (Wildman–Crippen LogP) is 1.81. The standard InChI is InChI=1S/C16H19F3N6O/c1-10-8-12(16(17,18)19)22-15(21-10)25-6-4-24(5-7-25)14(26)13-11(2)20-9-23(13)3/h8-9H,4-7H2,1-3H3. The van der Waals surface area contributed by atoms with Crippen LogP contribution in [0.1, 0.15) is 27.6 Å². The first-order chi connectivity index (χ1) is 12.2. The third-order valence-electron chi connectivity index (χ3n) is 4.31. The van der Waals surface area contributed by atoms with Gasteiger partial charge in [0.2, 0.25) is 5.95 Å². The summed E-state index contributed by atoms with van der Waals surface area (Å²) in [7, 11) is 1.75. The van der Waals surface area contributed by atoms with E-state index in [1.165, 1.54) is 6.92 Å². The molecule has 0 N–H and O–H groups in total. The lowest BCUT2D eigenvalue weighted by Gasteiger charge is -2.35. The molecule has 2 aromatic rings. The Kier molecular flexibility index (Phi) is 4.59. The Morgan fingerprint density at radius 3 is 2.31 bits per heavy atom. The third-order valence-corrected chi connectivity index (χ3v) is 4.31. The number of alkyl halides is 3. The van der Waals surface area contributed by atoms with Gasteiger partial charge in [-0.3, -0.25) is 4.79 Å². The number of aryl methyl sites for hydroxylation is 3. The molecule has 1 aliphatic heterocycles. The number of rotatable bonds is 2. The number of imidazole rings is 1. The van der Waals surface area contributed by atoms with Gasteiger partial charge in [-0.1, -0.05) is 0 Å². The fourth-order valence-electron chi connectivity index (χ4n) is 2.95. The van der Waals surface area contributed by atoms with Gasteiger partial charge in [0.05, 0.1) is 12.0 Å². The summed E-state index contributed by atoms with van der Waals surface area (Å²) in [6.07, 6.45) is -2.94. The van der Waals surface area contributed by atoms with Gasteiger partial charge in [-0.05, 0) is 19.9 Å². The molecule has 0 aliphatic carbocycles. The number of aromatic nitrogens is 4. The summed E-state index contributed by atoms with van der Waals surface area (Å²) in [6.45, 7) is 4.76. The molecule has 0 unspecified atom stereocenters. The van der Waals surface area contributed by atoms with E-state index < -0.39 is 11.9 Å². The summed E-state index contributed by atoms with van der Waals surface area (Å²) in [5.41, 5.74) is 0.469. The minimum Gasteiger partial charge on any atom is -0.337 e. The lowest BCUT2D eigenvalue weighted by Crippen LogP contribution is -2.49. The highest BCUT2D eigenvalue weighted by atomic mass is 19.4. The van der Waals surface area contributed by atoms with Crippen molar-refractivity contribution in [3.8, 4) is 0 Å². The zero-order valence-electron chi connectivity index (χ0n) is 14.7. The zero-order chi connectivity index (χ0) is 19.1. The number of nitrogens with zero attached hydrogens (tertiary/aromatic N) is 6. The van der Waals surface area contributed by atoms with Gasteiger partial charge in [0.25, 0.3) is 5.91 Å². The Labute approximate surface area is 148 Å². The van der Waals surface area contributed by atoms with E-state index in [-0.39, 0.29) is 17.5 Å². The summed E-state index contributed by atoms with van der Waals surface area (Å²) in [6, 6.07) is 0.925. The Bertz CT molecular complexity index is 804. The van der Waals surface area contributed by atoms with E-state index in [4.69, 9.17) is 0 Å². The molecule has 1 amide bonds. The van der Waals surface area contributed by atoms with Crippen molar-refractivity contribution in [2.75, 3.05) is 31.1 Å². The lowest BCUT2D eigenvalue weighted by molar-refractivity contribution is -0.141. The molecule has 0 spiro atoms. The number of amides is 1. The monoisotopic (exact) mass is 368 g/mol. The van der Waals surface area contributed by atoms with Crippen LogP contribution in [0.15, 0.2) is 12.4 Å². The Morgan fingerprint density at radius 1 is 1.12 bits per heavy atom. The van der Waals surface area contributed by atoms with Crippen LogP contribution in [-0.2, 0) is 13.2 Å². The molecule has 1 saturated heterocycles. The minimum atomic E-state index is -4.52. The van der Waals surface area contributed by atoms with Crippen LogP contribution in [0.4, 0.5) is 19.1 Å². The van der Waals surface area contributed by atoms with Crippen molar-refractivity contribution in [3.05, 3.63) is 35.2 Å². The van der Waals surface area contributed by atoms with Gasteiger partial charge in [-0.15, -0.1) is 0 Å². The maximum Gasteiger partial charge on any atom is 0.433 e. The number of halogens is 3. The van der Waals surface area contributed by atoms with Crippen LogP contribution in [0, 0.1) is 13.8 Å². The fourth-order valence-corrected chi connectivity index (χ4v) is 2.95. The first-order valence-corrected chi connectivity index (χ1v) is 8.12. The Hall–Kier alpha value is -2.65. The van der Waals surface area contributed by atoms with E-state index in [1.807, 2.05) is 0 Å². The van der Waals surface area contributed by atoms with Crippen LogP contribution in [-0.4, -0.2) is 56.5 Å². The SMILES string of the molecule is Cc1cc(C(F)(F)F)nc(N2CCN(C(=O)c3c(C)ncn3C)CC2)n1. The van der Waals surface area contributed by atoms with Crippen molar-refractivity contribution in [1.29, 1.82) is 0 Å². The normalized spacial score (nSPS) is 15.5. The number of carbonyl (C=O) groups excluding carboxylic acids is 1. The van der Waals surface area contributed by atoms with Crippen LogP contribution in [0.25, 0.3) is 0 Å². The number of piperazine rings is 1. The second-order valence-corrected chi connectivity index (χ2v) is 6.26. The lowest BCUT2D eigenvalue weighted by atomic mass is 10.2. The Morgan fingerprint density at radius 2 is 1.77 bits per heavy atom. The number of carbonyl (C=O) groups is 1. The Balaban J connectivity index is 1.73. The van der Waals surface area contributed by atoms with Crippen LogP contribution < -0.4 is 4.90 Å². The number of hydrogen-bond donors (Lipinski definition) is 0. The molecule has 3 rings (SSSR count). The molecule has 0 saturated carbocycles. The number of hydrogen-bond acceptors (Lipinski definition) is 5. The van der Waals surface area contributed by atoms with Gasteiger partial charge in [0.15, 0.2) is 0 Å². The van der Waals surface area contributed by atoms with Crippen molar-refractivity contribution < 1.29 is 18.0 Å². The molecular formula is C16H19F3N6O. The van der Waals surface area contributed by atoms with Crippen LogP contribution in [0.5, 0.6) is 0 Å². The molecule has 0 bridgehead atoms. The van der Waals surface area contributed by atoms with E-state index >= 15 is 0 Å². The van der Waals surface area contributed by atoms with Crippen molar-refractivity contribution in [3.63, 3.8) is 0 Å². The van der Waals surface area contributed by atoms with Gasteiger partial charge in [-0.25, -0.2) is 15.0 Å². The van der Waals surface area contributed by atoms with Crippen molar-refractivity contribution in [2.24, 2.45) is 7.05 Å². The first kappa shape index (κ1) is 18.2. The van der Waals surface area contributed by atoms with E-state index in [2.05, 4.69) is 15.0 Å². The maximum atomic E-state index is 12.9. The highest BCUT2D eigenvalue weighted by molar-refractivity contribution is 5.93. The first-order valence-electron chi connectivity index (χ1n) is 8.12. The van der Waals surface area contributed by atoms with E-state index in [9.17, 15) is 18.0 Å². The highest BCUT2D eigenvalue weighted by Gasteiger charge is 2.34. The van der Waals surface area contributed by atoms with Crippen molar-refractivity contribution in [2.45, 2.75) is 20.0 Å². The van der Waals surface area contributed by atoms with Crippen LogP contribution in [0.3, 0.4) is 0 Å². The molecule has 2 aromatic heterocycles. The molecule has 0 atom stereocenters. The smallest absolute Gasteiger partial charge is 0.337 e. The van der Waals surface area contributed by atoms with Crippen LogP contribution in [0.2, 0.25) is 0 Å². The van der Waals surface area contributed by atoms with E-state index in [0.29, 0.717) is 37.6 Å². The van der Waals surface area contributed by atoms with Crippen LogP contribution >= 0.6 is 0 Å². The van der Waals surface area contributed by atoms with Gasteiger partial charge in [0, 0.05) is 38.9 Å². The zero-order valence-corrected chi connectivity index (χ0v) is 14.7. The van der Waals surface area contributed by atoms with Gasteiger partial charge in [-0.2, -0.15) is 13.2 Å². The summed E-state index contributed by atoms with van der Waals surface area (Å²) in [5.74, 6) is -0.0931. The highest BCUT2D eigenvalue weighted by Crippen LogP contribution is 2.29. The average molecular weight is 368 g/mol. The summed E-state index contributed by atoms with van der Waals surface area (Å²) >= 11 is 0. The fraction of sp³-hybridized carbons (Fsp3) is 0.500. The molecule has 3 heterocycles. The molecule has 10 heteroatoms. The number of anilines is 1. The molecule has 26 heavy (non-hydrogen) atoms. The molecule has 140 valence electrons. The quantitative estimate of drug-likeness (QED) is 0.809. The third kappa shape index (κ3) is 3.49. The molecule has 1 aliphatic rings. The largest absolute Gasteiger partial charge is 0.433 e. The second kappa shape index (κ2) is 6.58. The summed E-state index contributed by atoms with van der Waals surface area (Å²) in [5, 5.41) is 0.